The van der Waals surface area contributed by atoms with E-state index in [0.29, 0.717) is 49.0 Å². The summed E-state index contributed by atoms with van der Waals surface area (Å²) in [6.07, 6.45) is 4.45. The van der Waals surface area contributed by atoms with Crippen molar-refractivity contribution < 1.29 is 28.6 Å². The third-order valence-electron chi connectivity index (χ3n) is 5.97. The molecule has 3 heterocycles. The Labute approximate surface area is 192 Å². The van der Waals surface area contributed by atoms with Crippen molar-refractivity contribution in [1.82, 2.24) is 9.88 Å². The molecule has 2 aliphatic heterocycles. The molecule has 0 saturated carbocycles. The Morgan fingerprint density at radius 3 is 2.48 bits per heavy atom. The summed E-state index contributed by atoms with van der Waals surface area (Å²) in [7, 11) is 1.32. The van der Waals surface area contributed by atoms with Crippen LogP contribution in [0, 0.1) is 0 Å². The maximum atomic E-state index is 12.9. The molecule has 0 atom stereocenters. The number of amides is 1. The molecule has 174 valence electrons. The number of carbonyl (C=O) groups is 3. The van der Waals surface area contributed by atoms with E-state index in [0.717, 1.165) is 11.1 Å². The number of hydrogen-bond acceptors (Lipinski definition) is 7. The van der Waals surface area contributed by atoms with Gasteiger partial charge in [0.05, 0.1) is 18.2 Å². The van der Waals surface area contributed by atoms with Crippen molar-refractivity contribution in [2.24, 2.45) is 0 Å². The van der Waals surface area contributed by atoms with Gasteiger partial charge in [0.2, 0.25) is 0 Å². The molecule has 1 fully saturated rings. The number of ether oxygens (including phenoxy) is 3. The summed E-state index contributed by atoms with van der Waals surface area (Å²) in [5.41, 5.74) is 2.07. The Balaban J connectivity index is 1.50. The van der Waals surface area contributed by atoms with Crippen molar-refractivity contribution in [2.45, 2.75) is 51.2 Å². The lowest BCUT2D eigenvalue weighted by Crippen LogP contribution is -2.52. The molecule has 1 spiro atoms. The van der Waals surface area contributed by atoms with E-state index in [1.165, 1.54) is 13.3 Å². The van der Waals surface area contributed by atoms with E-state index in [1.54, 1.807) is 23.2 Å². The largest absolute Gasteiger partial charge is 0.465 e. The number of carbonyl (C=O) groups excluding carboxylic acids is 3. The monoisotopic (exact) mass is 452 g/mol. The zero-order chi connectivity index (χ0) is 23.8. The third-order valence-corrected chi connectivity index (χ3v) is 5.97. The minimum Gasteiger partial charge on any atom is -0.465 e. The minimum absolute atomic E-state index is 0.339. The summed E-state index contributed by atoms with van der Waals surface area (Å²) < 4.78 is 16.2. The predicted octanol–water partition coefficient (Wildman–Crippen LogP) is 4.02. The number of nitrogens with zero attached hydrogens (tertiary/aromatic N) is 2. The maximum absolute atomic E-state index is 12.9. The Morgan fingerprint density at radius 2 is 1.82 bits per heavy atom. The number of rotatable bonds is 2. The van der Waals surface area contributed by atoms with Crippen LogP contribution in [0.1, 0.15) is 59.9 Å². The number of pyridine rings is 1. The first-order valence-corrected chi connectivity index (χ1v) is 11.0. The fraction of sp³-hybridized carbons (Fsp3) is 0.440. The number of benzene rings is 1. The summed E-state index contributed by atoms with van der Waals surface area (Å²) in [5.74, 6) is -0.845. The van der Waals surface area contributed by atoms with E-state index in [1.807, 2.05) is 32.9 Å². The Bertz CT molecular complexity index is 1100. The van der Waals surface area contributed by atoms with Gasteiger partial charge in [-0.25, -0.2) is 14.4 Å². The molecule has 8 nitrogen and oxygen atoms in total. The molecule has 0 N–H and O–H groups in total. The van der Waals surface area contributed by atoms with Crippen molar-refractivity contribution in [2.75, 3.05) is 20.2 Å². The van der Waals surface area contributed by atoms with Crippen LogP contribution in [0.15, 0.2) is 36.7 Å². The zero-order valence-electron chi connectivity index (χ0n) is 19.3. The molecular formula is C25H28N2O6. The second kappa shape index (κ2) is 8.50. The van der Waals surface area contributed by atoms with Crippen LogP contribution in [-0.2, 0) is 20.6 Å². The zero-order valence-corrected chi connectivity index (χ0v) is 19.3. The molecular weight excluding hydrogens is 424 g/mol. The Kier molecular flexibility index (Phi) is 5.86. The molecule has 1 aromatic carbocycles. The molecule has 2 aliphatic rings. The van der Waals surface area contributed by atoms with Gasteiger partial charge in [-0.1, -0.05) is 12.1 Å². The van der Waals surface area contributed by atoms with Crippen molar-refractivity contribution in [3.63, 3.8) is 0 Å². The van der Waals surface area contributed by atoms with Crippen molar-refractivity contribution in [3.8, 4) is 11.1 Å². The summed E-state index contributed by atoms with van der Waals surface area (Å²) >= 11 is 0. The standard InChI is InChI=1S/C25H28N2O6/c1-24(2,3)33-23(30)27-9-7-25(8-10-27)13-17-6-5-16(12-20(17)22(29)32-25)18-11-19(15-26-14-18)21(28)31-4/h5-6,11-12,14-15H,7-10,13H2,1-4H3. The van der Waals surface area contributed by atoms with Crippen LogP contribution in [0.4, 0.5) is 4.79 Å². The molecule has 2 aromatic rings. The van der Waals surface area contributed by atoms with Crippen LogP contribution in [0.25, 0.3) is 11.1 Å². The first-order valence-electron chi connectivity index (χ1n) is 11.0. The lowest BCUT2D eigenvalue weighted by molar-refractivity contribution is -0.0587. The molecule has 1 saturated heterocycles. The van der Waals surface area contributed by atoms with E-state index in [9.17, 15) is 14.4 Å². The molecule has 33 heavy (non-hydrogen) atoms. The number of likely N-dealkylation sites (tertiary alicyclic amines) is 1. The summed E-state index contributed by atoms with van der Waals surface area (Å²) in [5, 5.41) is 0. The SMILES string of the molecule is COC(=O)c1cncc(-c2ccc3c(c2)C(=O)OC2(CCN(C(=O)OC(C)(C)C)CC2)C3)c1. The van der Waals surface area contributed by atoms with Gasteiger partial charge in [0, 0.05) is 50.3 Å². The number of methoxy groups -OCH3 is 1. The van der Waals surface area contributed by atoms with Gasteiger partial charge in [-0.3, -0.25) is 4.98 Å². The maximum Gasteiger partial charge on any atom is 0.410 e. The highest BCUT2D eigenvalue weighted by Crippen LogP contribution is 2.38. The second-order valence-electron chi connectivity index (χ2n) is 9.54. The molecule has 0 radical (unpaired) electrons. The lowest BCUT2D eigenvalue weighted by Gasteiger charge is -2.43. The van der Waals surface area contributed by atoms with Gasteiger partial charge in [-0.15, -0.1) is 0 Å². The Hall–Kier alpha value is -3.42. The molecule has 1 amide bonds. The second-order valence-corrected chi connectivity index (χ2v) is 9.54. The highest BCUT2D eigenvalue weighted by molar-refractivity contribution is 5.95. The van der Waals surface area contributed by atoms with Crippen LogP contribution in [0.5, 0.6) is 0 Å². The molecule has 0 bridgehead atoms. The summed E-state index contributed by atoms with van der Waals surface area (Å²) in [6, 6.07) is 7.30. The molecule has 1 aromatic heterocycles. The number of piperidine rings is 1. The molecule has 4 rings (SSSR count). The van der Waals surface area contributed by atoms with E-state index in [2.05, 4.69) is 4.98 Å². The average Bonchev–Trinajstić information content (AvgIpc) is 2.77. The quantitative estimate of drug-likeness (QED) is 0.502. The topological polar surface area (TPSA) is 95.0 Å². The number of esters is 2. The highest BCUT2D eigenvalue weighted by Gasteiger charge is 2.44. The van der Waals surface area contributed by atoms with Gasteiger partial charge in [0.1, 0.15) is 11.2 Å². The van der Waals surface area contributed by atoms with Gasteiger partial charge >= 0.3 is 18.0 Å². The van der Waals surface area contributed by atoms with E-state index < -0.39 is 17.2 Å². The van der Waals surface area contributed by atoms with E-state index >= 15 is 0 Å². The summed E-state index contributed by atoms with van der Waals surface area (Å²) in [6.45, 7) is 6.47. The minimum atomic E-state index is -0.615. The highest BCUT2D eigenvalue weighted by atomic mass is 16.6. The van der Waals surface area contributed by atoms with Gasteiger partial charge in [-0.2, -0.15) is 0 Å². The third kappa shape index (κ3) is 4.84. The predicted molar refractivity (Wildman–Crippen MR) is 120 cm³/mol. The average molecular weight is 453 g/mol. The molecule has 8 heteroatoms. The van der Waals surface area contributed by atoms with E-state index in [4.69, 9.17) is 14.2 Å². The van der Waals surface area contributed by atoms with Crippen molar-refractivity contribution in [3.05, 3.63) is 53.3 Å². The normalized spacial score (nSPS) is 17.2. The molecule has 0 aliphatic carbocycles. The smallest absolute Gasteiger partial charge is 0.410 e. The van der Waals surface area contributed by atoms with Crippen LogP contribution < -0.4 is 0 Å². The number of aromatic nitrogens is 1. The Morgan fingerprint density at radius 1 is 1.09 bits per heavy atom. The van der Waals surface area contributed by atoms with Crippen LogP contribution in [0.2, 0.25) is 0 Å². The van der Waals surface area contributed by atoms with Crippen LogP contribution in [-0.4, -0.2) is 59.3 Å². The van der Waals surface area contributed by atoms with Gasteiger partial charge in [0.15, 0.2) is 0 Å². The number of hydrogen-bond donors (Lipinski definition) is 0. The van der Waals surface area contributed by atoms with Crippen molar-refractivity contribution >= 4 is 18.0 Å². The van der Waals surface area contributed by atoms with Crippen molar-refractivity contribution in [1.29, 1.82) is 0 Å². The van der Waals surface area contributed by atoms with Gasteiger partial charge in [-0.05, 0) is 44.0 Å². The fourth-order valence-electron chi connectivity index (χ4n) is 4.26. The van der Waals surface area contributed by atoms with Crippen LogP contribution in [0.3, 0.4) is 0 Å². The first-order chi connectivity index (χ1) is 15.6. The fourth-order valence-corrected chi connectivity index (χ4v) is 4.26. The van der Waals surface area contributed by atoms with E-state index in [-0.39, 0.29) is 12.1 Å². The van der Waals surface area contributed by atoms with Crippen LogP contribution >= 0.6 is 0 Å². The lowest BCUT2D eigenvalue weighted by atomic mass is 9.81. The first kappa shape index (κ1) is 22.8. The number of fused-ring (bicyclic) bond motifs is 1. The summed E-state index contributed by atoms with van der Waals surface area (Å²) in [4.78, 5) is 42.9. The molecule has 0 unspecified atom stereocenters. The van der Waals surface area contributed by atoms with Gasteiger partial charge in [0.25, 0.3) is 0 Å². The van der Waals surface area contributed by atoms with Gasteiger partial charge < -0.3 is 19.1 Å².